The summed E-state index contributed by atoms with van der Waals surface area (Å²) in [7, 11) is 1.74. The fourth-order valence-electron chi connectivity index (χ4n) is 2.47. The fourth-order valence-corrected chi connectivity index (χ4v) is 2.47. The van der Waals surface area contributed by atoms with Crippen molar-refractivity contribution in [2.24, 2.45) is 0 Å². The highest BCUT2D eigenvalue weighted by atomic mass is 16.5. The monoisotopic (exact) mass is 279 g/mol. The van der Waals surface area contributed by atoms with Gasteiger partial charge in [-0.1, -0.05) is 24.6 Å². The third-order valence-electron chi connectivity index (χ3n) is 3.44. The third-order valence-corrected chi connectivity index (χ3v) is 3.44. The molecule has 0 aliphatic carbocycles. The molecule has 3 heteroatoms. The van der Waals surface area contributed by atoms with E-state index in [1.807, 2.05) is 6.92 Å². The number of rotatable bonds is 10. The normalized spacial score (nSPS) is 12.4. The van der Waals surface area contributed by atoms with Gasteiger partial charge in [-0.05, 0) is 51.3 Å². The van der Waals surface area contributed by atoms with Crippen molar-refractivity contribution in [3.05, 3.63) is 29.3 Å². The minimum absolute atomic E-state index is 0.483. The van der Waals surface area contributed by atoms with E-state index >= 15 is 0 Å². The molecule has 1 N–H and O–H groups in total. The second kappa shape index (κ2) is 9.78. The molecule has 0 spiro atoms. The molecule has 0 saturated heterocycles. The highest BCUT2D eigenvalue weighted by Gasteiger charge is 2.12. The third kappa shape index (κ3) is 5.93. The molecule has 1 rings (SSSR count). The molecule has 0 bridgehead atoms. The summed E-state index contributed by atoms with van der Waals surface area (Å²) in [5, 5.41) is 3.57. The molecule has 114 valence electrons. The minimum Gasteiger partial charge on any atom is -0.496 e. The van der Waals surface area contributed by atoms with Crippen LogP contribution < -0.4 is 10.1 Å². The van der Waals surface area contributed by atoms with Gasteiger partial charge in [0, 0.05) is 19.3 Å². The Morgan fingerprint density at radius 3 is 2.70 bits per heavy atom. The van der Waals surface area contributed by atoms with Gasteiger partial charge < -0.3 is 14.8 Å². The van der Waals surface area contributed by atoms with E-state index in [0.717, 1.165) is 44.8 Å². The van der Waals surface area contributed by atoms with Gasteiger partial charge in [-0.2, -0.15) is 0 Å². The lowest BCUT2D eigenvalue weighted by Gasteiger charge is -2.19. The summed E-state index contributed by atoms with van der Waals surface area (Å²) in [6.07, 6.45) is 3.23. The van der Waals surface area contributed by atoms with Crippen LogP contribution in [0.1, 0.15) is 37.8 Å². The zero-order chi connectivity index (χ0) is 14.8. The molecule has 0 fully saturated rings. The molecule has 0 radical (unpaired) electrons. The highest BCUT2D eigenvalue weighted by molar-refractivity contribution is 5.37. The number of benzene rings is 1. The van der Waals surface area contributed by atoms with Gasteiger partial charge in [-0.15, -0.1) is 0 Å². The minimum atomic E-state index is 0.483. The van der Waals surface area contributed by atoms with Crippen LogP contribution in [0.2, 0.25) is 0 Å². The van der Waals surface area contributed by atoms with E-state index in [4.69, 9.17) is 9.47 Å². The maximum atomic E-state index is 5.47. The van der Waals surface area contributed by atoms with Crippen LogP contribution in [-0.4, -0.2) is 32.9 Å². The molecule has 1 unspecified atom stereocenters. The van der Waals surface area contributed by atoms with E-state index in [2.05, 4.69) is 37.4 Å². The van der Waals surface area contributed by atoms with Crippen LogP contribution in [-0.2, 0) is 11.2 Å². The average molecular weight is 279 g/mol. The lowest BCUT2D eigenvalue weighted by Crippen LogP contribution is -2.31. The number of hydrogen-bond donors (Lipinski definition) is 1. The van der Waals surface area contributed by atoms with Crippen molar-refractivity contribution >= 4 is 0 Å². The first-order chi connectivity index (χ1) is 9.71. The van der Waals surface area contributed by atoms with Gasteiger partial charge in [0.15, 0.2) is 0 Å². The van der Waals surface area contributed by atoms with Crippen molar-refractivity contribution in [1.82, 2.24) is 5.32 Å². The SMILES string of the molecule is CCNC(CCCOCC)Cc1cc(C)ccc1OC. The Bertz CT molecular complexity index is 379. The maximum Gasteiger partial charge on any atom is 0.122 e. The summed E-state index contributed by atoms with van der Waals surface area (Å²) in [6.45, 7) is 8.97. The molecule has 1 atom stereocenters. The van der Waals surface area contributed by atoms with Crippen LogP contribution in [0.5, 0.6) is 5.75 Å². The molecule has 3 nitrogen and oxygen atoms in total. The maximum absolute atomic E-state index is 5.47. The molecule has 0 aliphatic heterocycles. The molecule has 0 heterocycles. The van der Waals surface area contributed by atoms with E-state index < -0.39 is 0 Å². The standard InChI is InChI=1S/C17H29NO2/c1-5-18-16(8-7-11-20-6-2)13-15-12-14(3)9-10-17(15)19-4/h9-10,12,16,18H,5-8,11,13H2,1-4H3. The Morgan fingerprint density at radius 2 is 2.05 bits per heavy atom. The molecule has 0 amide bonds. The Labute approximate surface area is 123 Å². The molecule has 0 saturated carbocycles. The molecule has 1 aromatic rings. The van der Waals surface area contributed by atoms with Gasteiger partial charge in [0.2, 0.25) is 0 Å². The zero-order valence-electron chi connectivity index (χ0n) is 13.4. The molecule has 0 aliphatic rings. The van der Waals surface area contributed by atoms with Crippen LogP contribution >= 0.6 is 0 Å². The molecular weight excluding hydrogens is 250 g/mol. The Balaban J connectivity index is 2.61. The Morgan fingerprint density at radius 1 is 1.25 bits per heavy atom. The Kier molecular flexibility index (Phi) is 8.31. The lowest BCUT2D eigenvalue weighted by atomic mass is 9.99. The number of nitrogens with one attached hydrogen (secondary N) is 1. The quantitative estimate of drug-likeness (QED) is 0.666. The first kappa shape index (κ1) is 17.0. The summed E-state index contributed by atoms with van der Waals surface area (Å²) in [5.74, 6) is 0.989. The number of ether oxygens (including phenoxy) is 2. The number of aryl methyl sites for hydroxylation is 1. The lowest BCUT2D eigenvalue weighted by molar-refractivity contribution is 0.140. The van der Waals surface area contributed by atoms with E-state index in [1.165, 1.54) is 11.1 Å². The van der Waals surface area contributed by atoms with Crippen molar-refractivity contribution in [2.45, 2.75) is 46.1 Å². The van der Waals surface area contributed by atoms with Gasteiger partial charge in [-0.25, -0.2) is 0 Å². The highest BCUT2D eigenvalue weighted by Crippen LogP contribution is 2.22. The summed E-state index contributed by atoms with van der Waals surface area (Å²) >= 11 is 0. The average Bonchev–Trinajstić information content (AvgIpc) is 2.44. The first-order valence-electron chi connectivity index (χ1n) is 7.65. The number of methoxy groups -OCH3 is 1. The van der Waals surface area contributed by atoms with E-state index in [0.29, 0.717) is 6.04 Å². The summed E-state index contributed by atoms with van der Waals surface area (Å²) in [5.41, 5.74) is 2.57. The Hall–Kier alpha value is -1.06. The van der Waals surface area contributed by atoms with Crippen molar-refractivity contribution in [3.63, 3.8) is 0 Å². The second-order valence-corrected chi connectivity index (χ2v) is 5.11. The summed E-state index contributed by atoms with van der Waals surface area (Å²) < 4.78 is 10.9. The van der Waals surface area contributed by atoms with Crippen LogP contribution in [0.15, 0.2) is 18.2 Å². The van der Waals surface area contributed by atoms with Crippen molar-refractivity contribution in [3.8, 4) is 5.75 Å². The first-order valence-corrected chi connectivity index (χ1v) is 7.65. The van der Waals surface area contributed by atoms with Gasteiger partial charge in [0.05, 0.1) is 7.11 Å². The predicted octanol–water partition coefficient (Wildman–Crippen LogP) is 3.34. The zero-order valence-corrected chi connectivity index (χ0v) is 13.4. The smallest absolute Gasteiger partial charge is 0.122 e. The van der Waals surface area contributed by atoms with E-state index in [1.54, 1.807) is 7.11 Å². The van der Waals surface area contributed by atoms with Gasteiger partial charge in [0.1, 0.15) is 5.75 Å². The van der Waals surface area contributed by atoms with Crippen LogP contribution in [0.4, 0.5) is 0 Å². The molecule has 20 heavy (non-hydrogen) atoms. The van der Waals surface area contributed by atoms with E-state index in [9.17, 15) is 0 Å². The largest absolute Gasteiger partial charge is 0.496 e. The van der Waals surface area contributed by atoms with Crippen LogP contribution in [0.25, 0.3) is 0 Å². The number of likely N-dealkylation sites (N-methyl/N-ethyl adjacent to an activating group) is 1. The van der Waals surface area contributed by atoms with Crippen molar-refractivity contribution in [2.75, 3.05) is 26.9 Å². The second-order valence-electron chi connectivity index (χ2n) is 5.11. The number of hydrogen-bond acceptors (Lipinski definition) is 3. The molecule has 1 aromatic carbocycles. The van der Waals surface area contributed by atoms with Gasteiger partial charge in [-0.3, -0.25) is 0 Å². The van der Waals surface area contributed by atoms with Gasteiger partial charge in [0.25, 0.3) is 0 Å². The predicted molar refractivity (Wildman–Crippen MR) is 84.6 cm³/mol. The van der Waals surface area contributed by atoms with Crippen molar-refractivity contribution < 1.29 is 9.47 Å². The van der Waals surface area contributed by atoms with Gasteiger partial charge >= 0.3 is 0 Å². The molecular formula is C17H29NO2. The summed E-state index contributed by atoms with van der Waals surface area (Å²) in [4.78, 5) is 0. The van der Waals surface area contributed by atoms with Crippen LogP contribution in [0.3, 0.4) is 0 Å². The topological polar surface area (TPSA) is 30.5 Å². The summed E-state index contributed by atoms with van der Waals surface area (Å²) in [6, 6.07) is 6.87. The van der Waals surface area contributed by atoms with Crippen LogP contribution in [0, 0.1) is 6.92 Å². The van der Waals surface area contributed by atoms with Crippen molar-refractivity contribution in [1.29, 1.82) is 0 Å². The molecule has 0 aromatic heterocycles. The fraction of sp³-hybridized carbons (Fsp3) is 0.647. The van der Waals surface area contributed by atoms with E-state index in [-0.39, 0.29) is 0 Å².